The van der Waals surface area contributed by atoms with E-state index in [0.29, 0.717) is 36.6 Å². The smallest absolute Gasteiger partial charge is 0.269 e. The molecule has 186 valence electrons. The van der Waals surface area contributed by atoms with E-state index in [4.69, 9.17) is 21.1 Å². The van der Waals surface area contributed by atoms with Crippen LogP contribution in [0.3, 0.4) is 0 Å². The first-order valence-electron chi connectivity index (χ1n) is 11.2. The van der Waals surface area contributed by atoms with Gasteiger partial charge in [0.25, 0.3) is 5.69 Å². The lowest BCUT2D eigenvalue weighted by Gasteiger charge is -2.35. The summed E-state index contributed by atoms with van der Waals surface area (Å²) in [4.78, 5) is 12.6. The molecule has 0 radical (unpaired) electrons. The number of anilines is 1. The van der Waals surface area contributed by atoms with Crippen LogP contribution < -0.4 is 4.90 Å². The first-order chi connectivity index (χ1) is 16.9. The van der Waals surface area contributed by atoms with Crippen molar-refractivity contribution in [1.82, 2.24) is 4.31 Å². The second kappa shape index (κ2) is 11.3. The summed E-state index contributed by atoms with van der Waals surface area (Å²) in [5.74, 6) is 0. The van der Waals surface area contributed by atoms with Gasteiger partial charge in [-0.15, -0.1) is 0 Å². The maximum atomic E-state index is 13.3. The third-order valence-corrected chi connectivity index (χ3v) is 8.10. The Morgan fingerprint density at radius 1 is 0.829 bits per heavy atom. The third kappa shape index (κ3) is 5.91. The van der Waals surface area contributed by atoms with E-state index < -0.39 is 14.9 Å². The number of fused-ring (bicyclic) bond motifs is 1. The molecule has 0 bridgehead atoms. The molecule has 0 atom stereocenters. The van der Waals surface area contributed by atoms with Gasteiger partial charge in [-0.05, 0) is 29.7 Å². The van der Waals surface area contributed by atoms with Crippen LogP contribution in [0.4, 0.5) is 11.4 Å². The van der Waals surface area contributed by atoms with Crippen molar-refractivity contribution in [3.05, 3.63) is 75.8 Å². The summed E-state index contributed by atoms with van der Waals surface area (Å²) < 4.78 is 37.9. The van der Waals surface area contributed by atoms with Crippen LogP contribution in [-0.2, 0) is 19.5 Å². The number of sulfonamides is 1. The largest absolute Gasteiger partial charge is 0.377 e. The maximum absolute atomic E-state index is 13.3. The van der Waals surface area contributed by atoms with Gasteiger partial charge in [-0.3, -0.25) is 10.1 Å². The van der Waals surface area contributed by atoms with Gasteiger partial charge >= 0.3 is 0 Å². The number of ether oxygens (including phenoxy) is 2. The van der Waals surface area contributed by atoms with Crippen LogP contribution >= 0.6 is 11.6 Å². The Bertz CT molecular complexity index is 1260. The van der Waals surface area contributed by atoms with Crippen LogP contribution in [0.25, 0.3) is 10.8 Å². The van der Waals surface area contributed by atoms with Crippen molar-refractivity contribution in [2.75, 3.05) is 57.5 Å². The second-order valence-corrected chi connectivity index (χ2v) is 10.3. The molecule has 0 amide bonds. The van der Waals surface area contributed by atoms with E-state index in [0.717, 1.165) is 37.5 Å². The van der Waals surface area contributed by atoms with Crippen LogP contribution in [0.5, 0.6) is 0 Å². The Hall–Kier alpha value is -2.76. The number of nitrogens with zero attached hydrogens (tertiary/aromatic N) is 3. The fourth-order valence-corrected chi connectivity index (χ4v) is 6.03. The molecule has 3 aromatic carbocycles. The molecular weight excluding hydrogens is 494 g/mol. The summed E-state index contributed by atoms with van der Waals surface area (Å²) in [7, 11) is -3.70. The quantitative estimate of drug-likeness (QED) is 0.380. The molecule has 0 aliphatic carbocycles. The average molecular weight is 520 g/mol. The summed E-state index contributed by atoms with van der Waals surface area (Å²) in [6, 6.07) is 16.8. The molecule has 0 aromatic heterocycles. The summed E-state index contributed by atoms with van der Waals surface area (Å²) in [6.45, 7) is 4.74. The molecule has 9 nitrogen and oxygen atoms in total. The molecule has 11 heteroatoms. The highest BCUT2D eigenvalue weighted by Crippen LogP contribution is 2.32. The molecule has 2 saturated heterocycles. The Morgan fingerprint density at radius 2 is 1.40 bits per heavy atom. The highest BCUT2D eigenvalue weighted by Gasteiger charge is 2.30. The highest BCUT2D eigenvalue weighted by molar-refractivity contribution is 7.89. The fraction of sp³-hybridized carbons (Fsp3) is 0.333. The zero-order chi connectivity index (χ0) is 24.8. The van der Waals surface area contributed by atoms with E-state index in [9.17, 15) is 18.5 Å². The zero-order valence-corrected chi connectivity index (χ0v) is 20.6. The van der Waals surface area contributed by atoms with Crippen LogP contribution in [-0.4, -0.2) is 70.3 Å². The van der Waals surface area contributed by atoms with Crippen LogP contribution in [0, 0.1) is 10.1 Å². The summed E-state index contributed by atoms with van der Waals surface area (Å²) >= 11 is 6.31. The fourth-order valence-electron chi connectivity index (χ4n) is 4.03. The van der Waals surface area contributed by atoms with Crippen molar-refractivity contribution >= 4 is 43.8 Å². The maximum Gasteiger partial charge on any atom is 0.269 e. The number of rotatable bonds is 4. The Morgan fingerprint density at radius 3 is 1.94 bits per heavy atom. The predicted octanol–water partition coefficient (Wildman–Crippen LogP) is 3.95. The number of nitro benzene ring substituents is 1. The SMILES string of the molecule is C1COCCO1.O=[N+]([O-])c1ccc(N2CCN(S(=O)(=O)c3cccc4cccc(Cl)c34)CC2)cc1. The first kappa shape index (κ1) is 25.3. The summed E-state index contributed by atoms with van der Waals surface area (Å²) in [6.07, 6.45) is 0. The predicted molar refractivity (Wildman–Crippen MR) is 135 cm³/mol. The van der Waals surface area contributed by atoms with E-state index >= 15 is 0 Å². The monoisotopic (exact) mass is 519 g/mol. The standard InChI is InChI=1S/C20H18ClN3O4S.C4H8O2/c21-18-5-1-3-15-4-2-6-19(20(15)18)29(27,28)23-13-11-22(12-14-23)16-7-9-17(10-8-16)24(25)26;1-2-6-4-3-5-1/h1-10H,11-14H2;1-4H2. The van der Waals surface area contributed by atoms with E-state index in [-0.39, 0.29) is 10.6 Å². The van der Waals surface area contributed by atoms with Gasteiger partial charge in [-0.25, -0.2) is 8.42 Å². The van der Waals surface area contributed by atoms with Gasteiger partial charge in [0.05, 0.1) is 36.2 Å². The van der Waals surface area contributed by atoms with Crippen LogP contribution in [0.2, 0.25) is 5.02 Å². The molecule has 2 heterocycles. The van der Waals surface area contributed by atoms with Gasteiger partial charge < -0.3 is 14.4 Å². The number of benzene rings is 3. The Kier molecular flexibility index (Phi) is 8.19. The number of halogens is 1. The topological polar surface area (TPSA) is 102 Å². The van der Waals surface area contributed by atoms with E-state index in [1.54, 1.807) is 36.4 Å². The van der Waals surface area contributed by atoms with E-state index in [1.807, 2.05) is 17.0 Å². The van der Waals surface area contributed by atoms with Crippen molar-refractivity contribution in [3.63, 3.8) is 0 Å². The normalized spacial score (nSPS) is 17.0. The molecule has 2 fully saturated rings. The molecule has 2 aliphatic heterocycles. The minimum Gasteiger partial charge on any atom is -0.377 e. The van der Waals surface area contributed by atoms with Crippen molar-refractivity contribution in [2.24, 2.45) is 0 Å². The number of nitro groups is 1. The van der Waals surface area contributed by atoms with Gasteiger partial charge in [0, 0.05) is 54.4 Å². The molecule has 0 spiro atoms. The first-order valence-corrected chi connectivity index (χ1v) is 13.0. The lowest BCUT2D eigenvalue weighted by Crippen LogP contribution is -2.48. The number of piperazine rings is 1. The lowest BCUT2D eigenvalue weighted by atomic mass is 10.1. The van der Waals surface area contributed by atoms with Crippen molar-refractivity contribution in [3.8, 4) is 0 Å². The van der Waals surface area contributed by atoms with Crippen molar-refractivity contribution < 1.29 is 22.8 Å². The Labute approximate surface area is 209 Å². The van der Waals surface area contributed by atoms with Gasteiger partial charge in [0.15, 0.2) is 0 Å². The minimum atomic E-state index is -3.70. The highest BCUT2D eigenvalue weighted by atomic mass is 35.5. The molecule has 0 N–H and O–H groups in total. The summed E-state index contributed by atoms with van der Waals surface area (Å²) in [5, 5.41) is 12.5. The lowest BCUT2D eigenvalue weighted by molar-refractivity contribution is -0.384. The Balaban J connectivity index is 0.000000421. The van der Waals surface area contributed by atoms with Gasteiger partial charge in [0.1, 0.15) is 0 Å². The van der Waals surface area contributed by atoms with Gasteiger partial charge in [-0.2, -0.15) is 4.31 Å². The number of hydrogen-bond acceptors (Lipinski definition) is 7. The van der Waals surface area contributed by atoms with Crippen molar-refractivity contribution in [1.29, 1.82) is 0 Å². The molecule has 35 heavy (non-hydrogen) atoms. The minimum absolute atomic E-state index is 0.0304. The van der Waals surface area contributed by atoms with Crippen LogP contribution in [0.1, 0.15) is 0 Å². The zero-order valence-electron chi connectivity index (χ0n) is 19.0. The molecule has 0 saturated carbocycles. The molecule has 0 unspecified atom stereocenters. The van der Waals surface area contributed by atoms with E-state index in [1.165, 1.54) is 16.4 Å². The van der Waals surface area contributed by atoms with E-state index in [2.05, 4.69) is 0 Å². The second-order valence-electron chi connectivity index (χ2n) is 7.98. The number of hydrogen-bond donors (Lipinski definition) is 0. The number of non-ortho nitro benzene ring substituents is 1. The molecule has 3 aromatic rings. The third-order valence-electron chi connectivity index (χ3n) is 5.84. The van der Waals surface area contributed by atoms with Crippen LogP contribution in [0.15, 0.2) is 65.6 Å². The average Bonchev–Trinajstić information content (AvgIpc) is 2.90. The molecule has 5 rings (SSSR count). The summed E-state index contributed by atoms with van der Waals surface area (Å²) in [5.41, 5.74) is 0.864. The van der Waals surface area contributed by atoms with Gasteiger partial charge in [0.2, 0.25) is 10.0 Å². The molecular formula is C24H26ClN3O6S. The molecule has 2 aliphatic rings. The van der Waals surface area contributed by atoms with Crippen molar-refractivity contribution in [2.45, 2.75) is 4.90 Å². The van der Waals surface area contributed by atoms with Gasteiger partial charge in [-0.1, -0.05) is 35.9 Å².